The molecule has 5 nitrogen and oxygen atoms in total. The normalized spacial score (nSPS) is 21.2. The van der Waals surface area contributed by atoms with E-state index in [0.29, 0.717) is 6.54 Å². The van der Waals surface area contributed by atoms with Crippen LogP contribution in [0.4, 0.5) is 0 Å². The summed E-state index contributed by atoms with van der Waals surface area (Å²) in [5.41, 5.74) is -0.871. The summed E-state index contributed by atoms with van der Waals surface area (Å²) in [6, 6.07) is -0.351. The van der Waals surface area contributed by atoms with Crippen LogP contribution in [0.5, 0.6) is 0 Å². The zero-order chi connectivity index (χ0) is 13.1. The number of hydrogen-bond acceptors (Lipinski definition) is 3. The molecule has 0 aromatic carbocycles. The van der Waals surface area contributed by atoms with Crippen molar-refractivity contribution in [1.29, 1.82) is 0 Å². The van der Waals surface area contributed by atoms with Gasteiger partial charge in [-0.15, -0.1) is 0 Å². The minimum Gasteiger partial charge on any atom is -0.369 e. The highest BCUT2D eigenvalue weighted by Crippen LogP contribution is 2.22. The molecule has 17 heavy (non-hydrogen) atoms. The van der Waals surface area contributed by atoms with Gasteiger partial charge in [-0.3, -0.25) is 9.59 Å². The van der Waals surface area contributed by atoms with Gasteiger partial charge in [0.15, 0.2) is 0 Å². The van der Waals surface area contributed by atoms with E-state index >= 15 is 0 Å². The van der Waals surface area contributed by atoms with Crippen molar-refractivity contribution in [1.82, 2.24) is 10.2 Å². The molecule has 0 saturated carbocycles. The third kappa shape index (κ3) is 2.97. The number of amides is 2. The van der Waals surface area contributed by atoms with E-state index in [9.17, 15) is 9.59 Å². The van der Waals surface area contributed by atoms with Crippen LogP contribution in [0.2, 0.25) is 0 Å². The number of likely N-dealkylation sites (N-methyl/N-ethyl adjacent to an activating group) is 1. The van der Waals surface area contributed by atoms with Crippen molar-refractivity contribution in [3.63, 3.8) is 0 Å². The molecule has 0 bridgehead atoms. The van der Waals surface area contributed by atoms with E-state index < -0.39 is 5.60 Å². The Morgan fingerprint density at radius 2 is 2.00 bits per heavy atom. The fourth-order valence-corrected chi connectivity index (χ4v) is 2.05. The summed E-state index contributed by atoms with van der Waals surface area (Å²) >= 11 is 0. The van der Waals surface area contributed by atoms with Crippen LogP contribution >= 0.6 is 0 Å². The number of hydrogen-bond donors (Lipinski definition) is 1. The van der Waals surface area contributed by atoms with Crippen LogP contribution < -0.4 is 5.32 Å². The molecule has 1 saturated heterocycles. The number of carbonyl (C=O) groups excluding carboxylic acids is 2. The van der Waals surface area contributed by atoms with Crippen LogP contribution in [0.1, 0.15) is 33.1 Å². The molecule has 0 aromatic heterocycles. The van der Waals surface area contributed by atoms with Crippen molar-refractivity contribution in [2.24, 2.45) is 0 Å². The standard InChI is InChI=1S/C12H22N2O3/c1-12(2,17-4)11(16)14-8-6-5-7-9(14)10(15)13-3/h9H,5-8H2,1-4H3,(H,13,15). The van der Waals surface area contributed by atoms with E-state index in [4.69, 9.17) is 4.74 Å². The molecular formula is C12H22N2O3. The van der Waals surface area contributed by atoms with Crippen molar-refractivity contribution in [3.05, 3.63) is 0 Å². The molecule has 1 unspecified atom stereocenters. The van der Waals surface area contributed by atoms with Gasteiger partial charge in [0.05, 0.1) is 0 Å². The van der Waals surface area contributed by atoms with Gasteiger partial charge in [-0.1, -0.05) is 0 Å². The van der Waals surface area contributed by atoms with Crippen molar-refractivity contribution in [2.45, 2.75) is 44.8 Å². The van der Waals surface area contributed by atoms with Crippen molar-refractivity contribution in [2.75, 3.05) is 20.7 Å². The highest BCUT2D eigenvalue weighted by Gasteiger charge is 2.38. The molecule has 1 aliphatic heterocycles. The predicted octanol–water partition coefficient (Wildman–Crippen LogP) is 0.538. The first-order valence-corrected chi connectivity index (χ1v) is 6.02. The Hall–Kier alpha value is -1.10. The van der Waals surface area contributed by atoms with E-state index in [0.717, 1.165) is 19.3 Å². The van der Waals surface area contributed by atoms with Gasteiger partial charge in [0, 0.05) is 20.7 Å². The van der Waals surface area contributed by atoms with Crippen molar-refractivity contribution in [3.8, 4) is 0 Å². The molecular weight excluding hydrogens is 220 g/mol. The Labute approximate surface area is 102 Å². The third-order valence-electron chi connectivity index (χ3n) is 3.34. The van der Waals surface area contributed by atoms with Crippen LogP contribution in [0, 0.1) is 0 Å². The van der Waals surface area contributed by atoms with E-state index in [-0.39, 0.29) is 17.9 Å². The number of piperidine rings is 1. The number of nitrogens with zero attached hydrogens (tertiary/aromatic N) is 1. The highest BCUT2D eigenvalue weighted by atomic mass is 16.5. The van der Waals surface area contributed by atoms with E-state index in [2.05, 4.69) is 5.32 Å². The lowest BCUT2D eigenvalue weighted by Crippen LogP contribution is -2.56. The van der Waals surface area contributed by atoms with Crippen LogP contribution in [0.25, 0.3) is 0 Å². The van der Waals surface area contributed by atoms with E-state index in [1.54, 1.807) is 25.8 Å². The second-order valence-corrected chi connectivity index (χ2v) is 4.84. The number of carbonyl (C=O) groups is 2. The number of likely N-dealkylation sites (tertiary alicyclic amines) is 1. The SMILES string of the molecule is CNC(=O)C1CCCCN1C(=O)C(C)(C)OC. The Morgan fingerprint density at radius 3 is 2.53 bits per heavy atom. The Bertz CT molecular complexity index is 302. The van der Waals surface area contributed by atoms with Crippen molar-refractivity contribution >= 4 is 11.8 Å². The minimum atomic E-state index is -0.871. The molecule has 1 atom stereocenters. The summed E-state index contributed by atoms with van der Waals surface area (Å²) < 4.78 is 5.19. The van der Waals surface area contributed by atoms with Gasteiger partial charge < -0.3 is 15.0 Å². The molecule has 2 amide bonds. The molecule has 0 aliphatic carbocycles. The lowest BCUT2D eigenvalue weighted by molar-refractivity contribution is -0.158. The van der Waals surface area contributed by atoms with Gasteiger partial charge in [-0.25, -0.2) is 0 Å². The summed E-state index contributed by atoms with van der Waals surface area (Å²) in [6.45, 7) is 4.08. The summed E-state index contributed by atoms with van der Waals surface area (Å²) in [7, 11) is 3.11. The molecule has 5 heteroatoms. The van der Waals surface area contributed by atoms with Gasteiger partial charge in [-0.05, 0) is 33.1 Å². The number of ether oxygens (including phenoxy) is 1. The lowest BCUT2D eigenvalue weighted by atomic mass is 9.98. The molecule has 1 heterocycles. The molecule has 98 valence electrons. The monoisotopic (exact) mass is 242 g/mol. The first-order chi connectivity index (χ1) is 7.94. The molecule has 1 aliphatic rings. The van der Waals surface area contributed by atoms with Gasteiger partial charge in [0.2, 0.25) is 5.91 Å². The molecule has 0 spiro atoms. The number of nitrogens with one attached hydrogen (secondary N) is 1. The van der Waals surface area contributed by atoms with Gasteiger partial charge in [0.1, 0.15) is 11.6 Å². The molecule has 1 rings (SSSR count). The first kappa shape index (κ1) is 14.0. The fraction of sp³-hybridized carbons (Fsp3) is 0.833. The van der Waals surface area contributed by atoms with Crippen LogP contribution in [0.15, 0.2) is 0 Å². The predicted molar refractivity (Wildman–Crippen MR) is 64.5 cm³/mol. The van der Waals surface area contributed by atoms with E-state index in [1.807, 2.05) is 0 Å². The smallest absolute Gasteiger partial charge is 0.254 e. The summed E-state index contributed by atoms with van der Waals surface area (Å²) in [6.07, 6.45) is 2.65. The van der Waals surface area contributed by atoms with Gasteiger partial charge >= 0.3 is 0 Å². The molecule has 1 N–H and O–H groups in total. The van der Waals surface area contributed by atoms with Crippen LogP contribution in [-0.2, 0) is 14.3 Å². The minimum absolute atomic E-state index is 0.0926. The molecule has 0 aromatic rings. The Morgan fingerprint density at radius 1 is 1.35 bits per heavy atom. The second-order valence-electron chi connectivity index (χ2n) is 4.84. The average molecular weight is 242 g/mol. The fourth-order valence-electron chi connectivity index (χ4n) is 2.05. The Kier molecular flexibility index (Phi) is 4.51. The Balaban J connectivity index is 2.85. The largest absolute Gasteiger partial charge is 0.369 e. The summed E-state index contributed by atoms with van der Waals surface area (Å²) in [4.78, 5) is 25.7. The zero-order valence-corrected chi connectivity index (χ0v) is 11.1. The maximum absolute atomic E-state index is 12.3. The molecule has 1 fully saturated rings. The van der Waals surface area contributed by atoms with Crippen LogP contribution in [-0.4, -0.2) is 49.1 Å². The van der Waals surface area contributed by atoms with Gasteiger partial charge in [-0.2, -0.15) is 0 Å². The average Bonchev–Trinajstić information content (AvgIpc) is 2.36. The summed E-state index contributed by atoms with van der Waals surface area (Å²) in [5, 5.41) is 2.62. The van der Waals surface area contributed by atoms with E-state index in [1.165, 1.54) is 7.11 Å². The van der Waals surface area contributed by atoms with Crippen molar-refractivity contribution < 1.29 is 14.3 Å². The quantitative estimate of drug-likeness (QED) is 0.785. The third-order valence-corrected chi connectivity index (χ3v) is 3.34. The maximum atomic E-state index is 12.3. The van der Waals surface area contributed by atoms with Gasteiger partial charge in [0.25, 0.3) is 5.91 Å². The van der Waals surface area contributed by atoms with Crippen LogP contribution in [0.3, 0.4) is 0 Å². The number of rotatable bonds is 3. The topological polar surface area (TPSA) is 58.6 Å². The highest BCUT2D eigenvalue weighted by molar-refractivity contribution is 5.91. The zero-order valence-electron chi connectivity index (χ0n) is 11.1. The maximum Gasteiger partial charge on any atom is 0.254 e. The lowest BCUT2D eigenvalue weighted by Gasteiger charge is -2.38. The number of methoxy groups -OCH3 is 1. The first-order valence-electron chi connectivity index (χ1n) is 6.02. The summed E-state index contributed by atoms with van der Waals surface area (Å²) in [5.74, 6) is -0.210. The second kappa shape index (κ2) is 5.49. The molecule has 0 radical (unpaired) electrons.